The highest BCUT2D eigenvalue weighted by Crippen LogP contribution is 2.19. The molecule has 0 radical (unpaired) electrons. The SMILES string of the molecule is CC.CCC.CCC(C)(C)COC(C)=O. The molecular weight excluding hydrogens is 188 g/mol. The summed E-state index contributed by atoms with van der Waals surface area (Å²) in [5.41, 5.74) is 0.131. The highest BCUT2D eigenvalue weighted by atomic mass is 16.5. The Labute approximate surface area is 96.4 Å². The van der Waals surface area contributed by atoms with E-state index in [9.17, 15) is 4.79 Å². The second-order valence-electron chi connectivity index (χ2n) is 4.01. The number of esters is 1. The number of carbonyl (C=O) groups excluding carboxylic acids is 1. The largest absolute Gasteiger partial charge is 0.465 e. The van der Waals surface area contributed by atoms with Crippen molar-refractivity contribution in [1.29, 1.82) is 0 Å². The summed E-state index contributed by atoms with van der Waals surface area (Å²) in [5, 5.41) is 0. The first-order valence-electron chi connectivity index (χ1n) is 6.03. The van der Waals surface area contributed by atoms with Crippen LogP contribution in [0.15, 0.2) is 0 Å². The molecule has 0 bridgehead atoms. The lowest BCUT2D eigenvalue weighted by Gasteiger charge is -2.21. The van der Waals surface area contributed by atoms with Crippen molar-refractivity contribution >= 4 is 5.97 Å². The lowest BCUT2D eigenvalue weighted by Crippen LogP contribution is -2.19. The molecular formula is C13H30O2. The lowest BCUT2D eigenvalue weighted by atomic mass is 9.92. The van der Waals surface area contributed by atoms with Crippen LogP contribution in [0.5, 0.6) is 0 Å². The number of carbonyl (C=O) groups is 1. The lowest BCUT2D eigenvalue weighted by molar-refractivity contribution is -0.144. The third-order valence-corrected chi connectivity index (χ3v) is 1.62. The van der Waals surface area contributed by atoms with E-state index in [1.54, 1.807) is 0 Å². The molecule has 0 aliphatic rings. The van der Waals surface area contributed by atoms with Gasteiger partial charge < -0.3 is 4.74 Å². The van der Waals surface area contributed by atoms with Crippen LogP contribution < -0.4 is 0 Å². The van der Waals surface area contributed by atoms with Crippen LogP contribution in [0.1, 0.15) is 68.2 Å². The molecule has 2 nitrogen and oxygen atoms in total. The van der Waals surface area contributed by atoms with Gasteiger partial charge in [-0.05, 0) is 11.8 Å². The smallest absolute Gasteiger partial charge is 0.302 e. The normalized spacial score (nSPS) is 9.07. The first kappa shape index (κ1) is 20.0. The van der Waals surface area contributed by atoms with Crippen LogP contribution in [0.25, 0.3) is 0 Å². The molecule has 0 heterocycles. The van der Waals surface area contributed by atoms with Gasteiger partial charge in [0.15, 0.2) is 0 Å². The number of hydrogen-bond donors (Lipinski definition) is 0. The molecule has 0 N–H and O–H groups in total. The van der Waals surface area contributed by atoms with Gasteiger partial charge in [0.05, 0.1) is 6.61 Å². The summed E-state index contributed by atoms with van der Waals surface area (Å²) in [5.74, 6) is -0.193. The molecule has 0 amide bonds. The molecule has 0 fully saturated rings. The standard InChI is InChI=1S/C8H16O2.C3H8.C2H6/c1-5-8(3,4)6-10-7(2)9;1-3-2;1-2/h5-6H2,1-4H3;3H2,1-2H3;1-2H3. The Balaban J connectivity index is -0.000000245. The summed E-state index contributed by atoms with van der Waals surface area (Å²) < 4.78 is 4.86. The van der Waals surface area contributed by atoms with Crippen molar-refractivity contribution < 1.29 is 9.53 Å². The fraction of sp³-hybridized carbons (Fsp3) is 0.923. The first-order chi connectivity index (χ1) is 6.89. The van der Waals surface area contributed by atoms with Crippen molar-refractivity contribution in [2.75, 3.05) is 6.61 Å². The molecule has 0 aliphatic heterocycles. The van der Waals surface area contributed by atoms with Crippen molar-refractivity contribution in [3.05, 3.63) is 0 Å². The van der Waals surface area contributed by atoms with Crippen LogP contribution in [0.4, 0.5) is 0 Å². The summed E-state index contributed by atoms with van der Waals surface area (Å²) >= 11 is 0. The summed E-state index contributed by atoms with van der Waals surface area (Å²) in [4.78, 5) is 10.4. The van der Waals surface area contributed by atoms with Crippen molar-refractivity contribution in [3.63, 3.8) is 0 Å². The molecule has 0 saturated heterocycles. The summed E-state index contributed by atoms with van der Waals surface area (Å²) in [6, 6.07) is 0. The zero-order valence-electron chi connectivity index (χ0n) is 11.9. The highest BCUT2D eigenvalue weighted by Gasteiger charge is 2.15. The topological polar surface area (TPSA) is 26.3 Å². The van der Waals surface area contributed by atoms with Crippen molar-refractivity contribution in [2.45, 2.75) is 68.2 Å². The maximum atomic E-state index is 10.4. The van der Waals surface area contributed by atoms with Gasteiger partial charge in [-0.25, -0.2) is 0 Å². The minimum absolute atomic E-state index is 0.131. The Morgan fingerprint density at radius 1 is 1.13 bits per heavy atom. The Hall–Kier alpha value is -0.530. The van der Waals surface area contributed by atoms with E-state index in [-0.39, 0.29) is 11.4 Å². The van der Waals surface area contributed by atoms with Crippen LogP contribution in [0, 0.1) is 5.41 Å². The average Bonchev–Trinajstić information content (AvgIpc) is 2.19. The molecule has 0 spiro atoms. The van der Waals surface area contributed by atoms with Crippen LogP contribution in [0.2, 0.25) is 0 Å². The van der Waals surface area contributed by atoms with Gasteiger partial charge in [-0.3, -0.25) is 4.79 Å². The number of ether oxygens (including phenoxy) is 1. The summed E-state index contributed by atoms with van der Waals surface area (Å²) in [7, 11) is 0. The highest BCUT2D eigenvalue weighted by molar-refractivity contribution is 5.65. The van der Waals surface area contributed by atoms with E-state index in [2.05, 4.69) is 34.6 Å². The van der Waals surface area contributed by atoms with E-state index in [0.29, 0.717) is 6.61 Å². The summed E-state index contributed by atoms with van der Waals surface area (Å²) in [6.07, 6.45) is 2.28. The quantitative estimate of drug-likeness (QED) is 0.655. The third kappa shape index (κ3) is 24.7. The number of rotatable bonds is 3. The average molecular weight is 218 g/mol. The molecule has 0 saturated carbocycles. The van der Waals surface area contributed by atoms with Gasteiger partial charge in [-0.15, -0.1) is 0 Å². The second-order valence-corrected chi connectivity index (χ2v) is 4.01. The molecule has 2 heteroatoms. The zero-order chi connectivity index (χ0) is 12.9. The fourth-order valence-corrected chi connectivity index (χ4v) is 0.399. The summed E-state index contributed by atoms with van der Waals surface area (Å²) in [6.45, 7) is 16.5. The van der Waals surface area contributed by atoms with Gasteiger partial charge in [0.2, 0.25) is 0 Å². The van der Waals surface area contributed by atoms with Crippen LogP contribution in [-0.4, -0.2) is 12.6 Å². The minimum atomic E-state index is -0.193. The molecule has 94 valence electrons. The van der Waals surface area contributed by atoms with Crippen LogP contribution in [-0.2, 0) is 9.53 Å². The Bertz CT molecular complexity index is 128. The molecule has 0 aromatic heterocycles. The van der Waals surface area contributed by atoms with E-state index in [4.69, 9.17) is 4.74 Å². The first-order valence-corrected chi connectivity index (χ1v) is 6.03. The van der Waals surface area contributed by atoms with Gasteiger partial charge in [0, 0.05) is 6.92 Å². The van der Waals surface area contributed by atoms with Gasteiger partial charge in [0.25, 0.3) is 0 Å². The molecule has 0 aromatic carbocycles. The van der Waals surface area contributed by atoms with Crippen molar-refractivity contribution in [2.24, 2.45) is 5.41 Å². The second kappa shape index (κ2) is 13.5. The maximum Gasteiger partial charge on any atom is 0.302 e. The van der Waals surface area contributed by atoms with E-state index in [1.165, 1.54) is 13.3 Å². The van der Waals surface area contributed by atoms with Crippen molar-refractivity contribution in [1.82, 2.24) is 0 Å². The van der Waals surface area contributed by atoms with E-state index in [0.717, 1.165) is 6.42 Å². The minimum Gasteiger partial charge on any atom is -0.465 e. The fourth-order valence-electron chi connectivity index (χ4n) is 0.399. The molecule has 15 heavy (non-hydrogen) atoms. The molecule has 0 unspecified atom stereocenters. The Morgan fingerprint density at radius 3 is 1.67 bits per heavy atom. The Morgan fingerprint density at radius 2 is 1.47 bits per heavy atom. The monoisotopic (exact) mass is 218 g/mol. The molecule has 0 aromatic rings. The van der Waals surface area contributed by atoms with Crippen LogP contribution >= 0.6 is 0 Å². The van der Waals surface area contributed by atoms with Crippen molar-refractivity contribution in [3.8, 4) is 0 Å². The predicted octanol–water partition coefficient (Wildman–Crippen LogP) is 4.43. The van der Waals surface area contributed by atoms with E-state index >= 15 is 0 Å². The predicted molar refractivity (Wildman–Crippen MR) is 68.0 cm³/mol. The van der Waals surface area contributed by atoms with E-state index in [1.807, 2.05) is 13.8 Å². The third-order valence-electron chi connectivity index (χ3n) is 1.62. The van der Waals surface area contributed by atoms with Gasteiger partial charge in [-0.1, -0.05) is 54.9 Å². The van der Waals surface area contributed by atoms with Gasteiger partial charge >= 0.3 is 5.97 Å². The molecule has 0 rings (SSSR count). The zero-order valence-corrected chi connectivity index (χ0v) is 11.9. The molecule has 0 atom stereocenters. The maximum absolute atomic E-state index is 10.4. The van der Waals surface area contributed by atoms with Gasteiger partial charge in [0.1, 0.15) is 0 Å². The number of hydrogen-bond acceptors (Lipinski definition) is 2. The molecule has 0 aliphatic carbocycles. The van der Waals surface area contributed by atoms with Gasteiger partial charge in [-0.2, -0.15) is 0 Å². The van der Waals surface area contributed by atoms with E-state index < -0.39 is 0 Å². The van der Waals surface area contributed by atoms with Crippen LogP contribution in [0.3, 0.4) is 0 Å². The Kier molecular flexibility index (Phi) is 17.9.